The van der Waals surface area contributed by atoms with Gasteiger partial charge in [-0.3, -0.25) is 9.79 Å². The van der Waals surface area contributed by atoms with E-state index in [0.29, 0.717) is 10.0 Å². The predicted molar refractivity (Wildman–Crippen MR) is 90.7 cm³/mol. The number of aliphatic imine (C=N–C) groups is 1. The molecule has 0 radical (unpaired) electrons. The van der Waals surface area contributed by atoms with E-state index in [-0.39, 0.29) is 17.8 Å². The number of halogens is 2. The number of aromatic hydroxyl groups is 2. The van der Waals surface area contributed by atoms with Crippen LogP contribution in [0.4, 0.5) is 0 Å². The fourth-order valence-corrected chi connectivity index (χ4v) is 2.40. The molecule has 6 nitrogen and oxygen atoms in total. The molecule has 0 fully saturated rings. The fourth-order valence-electron chi connectivity index (χ4n) is 2.08. The van der Waals surface area contributed by atoms with Crippen molar-refractivity contribution in [1.29, 1.82) is 0 Å². The van der Waals surface area contributed by atoms with Crippen molar-refractivity contribution >= 4 is 34.7 Å². The number of carbonyl (C=O) groups excluding carboxylic acids is 1. The Morgan fingerprint density at radius 1 is 1.17 bits per heavy atom. The molecule has 1 aromatic heterocycles. The van der Waals surface area contributed by atoms with Crippen LogP contribution in [0.3, 0.4) is 0 Å². The Bertz CT molecular complexity index is 902. The number of carbonyl (C=O) groups is 1. The van der Waals surface area contributed by atoms with Gasteiger partial charge in [0.25, 0.3) is 5.95 Å². The van der Waals surface area contributed by atoms with Crippen LogP contribution in [0.25, 0.3) is 0 Å². The summed E-state index contributed by atoms with van der Waals surface area (Å²) < 4.78 is 4.59. The van der Waals surface area contributed by atoms with E-state index >= 15 is 0 Å². The summed E-state index contributed by atoms with van der Waals surface area (Å²) in [6.45, 7) is 2.77. The Balaban J connectivity index is 2.43. The van der Waals surface area contributed by atoms with Gasteiger partial charge < -0.3 is 14.6 Å². The maximum atomic E-state index is 11.9. The molecule has 126 valence electrons. The van der Waals surface area contributed by atoms with Crippen LogP contribution in [0.15, 0.2) is 32.4 Å². The molecule has 0 spiro atoms. The highest BCUT2D eigenvalue weighted by atomic mass is 35.5. The van der Waals surface area contributed by atoms with Crippen LogP contribution in [-0.4, -0.2) is 21.7 Å². The largest absolute Gasteiger partial charge is 0.506 e. The topological polar surface area (TPSA) is 100 Å². The molecule has 0 saturated heterocycles. The lowest BCUT2D eigenvalue weighted by Gasteiger charge is -2.07. The average molecular weight is 370 g/mol. The van der Waals surface area contributed by atoms with E-state index in [9.17, 15) is 19.8 Å². The van der Waals surface area contributed by atoms with Gasteiger partial charge in [-0.2, -0.15) is 0 Å². The maximum absolute atomic E-state index is 11.9. The molecule has 0 atom stereocenters. The molecule has 2 rings (SSSR count). The minimum absolute atomic E-state index is 0.148. The summed E-state index contributed by atoms with van der Waals surface area (Å²) in [5.41, 5.74) is -0.856. The molecule has 0 bridgehead atoms. The fraction of sp³-hybridized carbons (Fsp3) is 0.188. The van der Waals surface area contributed by atoms with Crippen LogP contribution in [0, 0.1) is 0 Å². The Hall–Kier alpha value is -2.31. The zero-order valence-corrected chi connectivity index (χ0v) is 14.3. The van der Waals surface area contributed by atoms with Crippen molar-refractivity contribution in [2.75, 3.05) is 0 Å². The molecular formula is C16H13Cl2NO5. The first kappa shape index (κ1) is 18.0. The van der Waals surface area contributed by atoms with Crippen LogP contribution < -0.4 is 5.63 Å². The van der Waals surface area contributed by atoms with Gasteiger partial charge in [0.05, 0.1) is 22.3 Å². The molecular weight excluding hydrogens is 357 g/mol. The summed E-state index contributed by atoms with van der Waals surface area (Å²) in [4.78, 5) is 27.5. The van der Waals surface area contributed by atoms with E-state index in [1.165, 1.54) is 6.92 Å². The first-order valence-corrected chi connectivity index (χ1v) is 7.53. The van der Waals surface area contributed by atoms with Gasteiger partial charge in [-0.05, 0) is 31.5 Å². The zero-order valence-electron chi connectivity index (χ0n) is 12.8. The van der Waals surface area contributed by atoms with Crippen molar-refractivity contribution in [3.05, 3.63) is 55.4 Å². The van der Waals surface area contributed by atoms with E-state index in [4.69, 9.17) is 23.2 Å². The van der Waals surface area contributed by atoms with Crippen molar-refractivity contribution < 1.29 is 19.4 Å². The summed E-state index contributed by atoms with van der Waals surface area (Å²) in [5, 5.41) is 20.4. The standard InChI is InChI=1S/C16H13Cl2NO5/c1-7(19-6-9-3-4-10(17)11(18)5-9)12-14(21)13(8(2)20)16(23)24-15(12)22/h3-5,21,23H,6H2,1-2H3. The third-order valence-electron chi connectivity index (χ3n) is 3.28. The minimum Gasteiger partial charge on any atom is -0.506 e. The summed E-state index contributed by atoms with van der Waals surface area (Å²) >= 11 is 11.8. The lowest BCUT2D eigenvalue weighted by atomic mass is 10.1. The summed E-state index contributed by atoms with van der Waals surface area (Å²) in [5.74, 6) is -2.23. The van der Waals surface area contributed by atoms with Crippen LogP contribution in [-0.2, 0) is 6.54 Å². The monoisotopic (exact) mass is 369 g/mol. The van der Waals surface area contributed by atoms with E-state index in [0.717, 1.165) is 12.5 Å². The lowest BCUT2D eigenvalue weighted by Crippen LogP contribution is -2.15. The number of rotatable bonds is 4. The molecule has 0 aliphatic carbocycles. The highest BCUT2D eigenvalue weighted by Crippen LogP contribution is 2.29. The second kappa shape index (κ2) is 7.07. The number of Topliss-reactive ketones (excluding diaryl/α,β-unsaturated/α-hetero) is 1. The Kier molecular flexibility index (Phi) is 5.31. The van der Waals surface area contributed by atoms with Crippen molar-refractivity contribution in [1.82, 2.24) is 0 Å². The Morgan fingerprint density at radius 2 is 1.83 bits per heavy atom. The summed E-state index contributed by atoms with van der Waals surface area (Å²) in [6.07, 6.45) is 0. The van der Waals surface area contributed by atoms with E-state index in [2.05, 4.69) is 9.41 Å². The highest BCUT2D eigenvalue weighted by Gasteiger charge is 2.23. The molecule has 0 aliphatic heterocycles. The SMILES string of the molecule is CC(=O)c1c(O)oc(=O)c(C(C)=NCc2ccc(Cl)c(Cl)c2)c1O. The number of hydrogen-bond donors (Lipinski definition) is 2. The minimum atomic E-state index is -0.995. The van der Waals surface area contributed by atoms with Gasteiger partial charge >= 0.3 is 5.63 Å². The molecule has 2 aromatic rings. The van der Waals surface area contributed by atoms with Gasteiger partial charge in [0.1, 0.15) is 16.9 Å². The first-order chi connectivity index (χ1) is 11.2. The van der Waals surface area contributed by atoms with Gasteiger partial charge in [-0.15, -0.1) is 0 Å². The molecule has 24 heavy (non-hydrogen) atoms. The van der Waals surface area contributed by atoms with Gasteiger partial charge in [0.15, 0.2) is 5.78 Å². The quantitative estimate of drug-likeness (QED) is 0.633. The van der Waals surface area contributed by atoms with Gasteiger partial charge in [0, 0.05) is 0 Å². The van der Waals surface area contributed by atoms with Crippen LogP contribution in [0.1, 0.15) is 35.3 Å². The normalized spacial score (nSPS) is 11.6. The third-order valence-corrected chi connectivity index (χ3v) is 4.02. The summed E-state index contributed by atoms with van der Waals surface area (Å²) in [6, 6.07) is 4.95. The Labute approximate surface area is 147 Å². The van der Waals surface area contributed by atoms with Crippen molar-refractivity contribution in [3.8, 4) is 11.7 Å². The molecule has 1 heterocycles. The molecule has 8 heteroatoms. The highest BCUT2D eigenvalue weighted by molar-refractivity contribution is 6.42. The van der Waals surface area contributed by atoms with E-state index in [1.807, 2.05) is 0 Å². The maximum Gasteiger partial charge on any atom is 0.351 e. The summed E-state index contributed by atoms with van der Waals surface area (Å²) in [7, 11) is 0. The van der Waals surface area contributed by atoms with Gasteiger partial charge in [-0.25, -0.2) is 4.79 Å². The smallest absolute Gasteiger partial charge is 0.351 e. The number of hydrogen-bond acceptors (Lipinski definition) is 6. The van der Waals surface area contributed by atoms with Crippen LogP contribution in [0.5, 0.6) is 11.7 Å². The van der Waals surface area contributed by atoms with E-state index < -0.39 is 28.7 Å². The van der Waals surface area contributed by atoms with Crippen molar-refractivity contribution in [3.63, 3.8) is 0 Å². The number of nitrogens with zero attached hydrogens (tertiary/aromatic N) is 1. The van der Waals surface area contributed by atoms with Crippen LogP contribution >= 0.6 is 23.2 Å². The second-order valence-corrected chi connectivity index (χ2v) is 5.81. The van der Waals surface area contributed by atoms with Gasteiger partial charge in [0.2, 0.25) is 0 Å². The third kappa shape index (κ3) is 3.60. The Morgan fingerprint density at radius 3 is 2.42 bits per heavy atom. The molecule has 0 amide bonds. The molecule has 2 N–H and O–H groups in total. The predicted octanol–water partition coefficient (Wildman–Crippen LogP) is 3.57. The van der Waals surface area contributed by atoms with Crippen molar-refractivity contribution in [2.45, 2.75) is 20.4 Å². The molecule has 0 saturated carbocycles. The molecule has 0 unspecified atom stereocenters. The van der Waals surface area contributed by atoms with Crippen molar-refractivity contribution in [2.24, 2.45) is 4.99 Å². The van der Waals surface area contributed by atoms with Gasteiger partial charge in [-0.1, -0.05) is 29.3 Å². The number of benzene rings is 1. The first-order valence-electron chi connectivity index (χ1n) is 6.77. The molecule has 1 aromatic carbocycles. The average Bonchev–Trinajstić information content (AvgIpc) is 2.47. The zero-order chi connectivity index (χ0) is 18.0. The van der Waals surface area contributed by atoms with Crippen LogP contribution in [0.2, 0.25) is 10.0 Å². The second-order valence-electron chi connectivity index (χ2n) is 5.00. The van der Waals surface area contributed by atoms with E-state index in [1.54, 1.807) is 18.2 Å². The molecule has 0 aliphatic rings. The lowest BCUT2D eigenvalue weighted by molar-refractivity contribution is 0.100. The number of ketones is 1.